The number of rotatable bonds is 6. The van der Waals surface area contributed by atoms with E-state index < -0.39 is 0 Å². The van der Waals surface area contributed by atoms with Crippen LogP contribution >= 0.6 is 0 Å². The molecule has 0 aliphatic carbocycles. The average Bonchev–Trinajstić information content (AvgIpc) is 2.00. The van der Waals surface area contributed by atoms with Crippen LogP contribution in [-0.2, 0) is 4.74 Å². The zero-order valence-corrected chi connectivity index (χ0v) is 8.18. The standard InChI is InChI=1S/C9H21NO/c1-5-7-10-8(3)9(4)11-6-2/h8-10H,5-7H2,1-4H3. The minimum Gasteiger partial charge on any atom is -0.377 e. The van der Waals surface area contributed by atoms with Crippen LogP contribution in [0.5, 0.6) is 0 Å². The van der Waals surface area contributed by atoms with Crippen LogP contribution in [0, 0.1) is 0 Å². The van der Waals surface area contributed by atoms with Gasteiger partial charge in [-0.25, -0.2) is 0 Å². The topological polar surface area (TPSA) is 21.3 Å². The zero-order valence-electron chi connectivity index (χ0n) is 8.18. The maximum Gasteiger partial charge on any atom is 0.0697 e. The van der Waals surface area contributed by atoms with Crippen LogP contribution in [0.15, 0.2) is 0 Å². The van der Waals surface area contributed by atoms with Crippen LogP contribution in [0.1, 0.15) is 34.1 Å². The van der Waals surface area contributed by atoms with Gasteiger partial charge in [-0.15, -0.1) is 0 Å². The highest BCUT2D eigenvalue weighted by Gasteiger charge is 2.09. The molecule has 0 amide bonds. The molecule has 2 nitrogen and oxygen atoms in total. The molecule has 0 saturated carbocycles. The molecule has 0 radical (unpaired) electrons. The van der Waals surface area contributed by atoms with E-state index in [-0.39, 0.29) is 0 Å². The number of hydrogen-bond donors (Lipinski definition) is 1. The molecular weight excluding hydrogens is 138 g/mol. The van der Waals surface area contributed by atoms with Gasteiger partial charge in [0, 0.05) is 12.6 Å². The molecule has 0 aromatic rings. The van der Waals surface area contributed by atoms with Gasteiger partial charge in [-0.1, -0.05) is 6.92 Å². The van der Waals surface area contributed by atoms with Crippen LogP contribution in [-0.4, -0.2) is 25.3 Å². The summed E-state index contributed by atoms with van der Waals surface area (Å²) in [6.45, 7) is 10.4. The third kappa shape index (κ3) is 5.22. The fourth-order valence-electron chi connectivity index (χ4n) is 0.945. The molecule has 11 heavy (non-hydrogen) atoms. The van der Waals surface area contributed by atoms with Gasteiger partial charge < -0.3 is 10.1 Å². The van der Waals surface area contributed by atoms with Crippen molar-refractivity contribution in [3.05, 3.63) is 0 Å². The molecule has 0 saturated heterocycles. The van der Waals surface area contributed by atoms with Gasteiger partial charge in [0.25, 0.3) is 0 Å². The molecule has 0 spiro atoms. The van der Waals surface area contributed by atoms with Crippen molar-refractivity contribution in [3.63, 3.8) is 0 Å². The first-order valence-corrected chi connectivity index (χ1v) is 4.57. The summed E-state index contributed by atoms with van der Waals surface area (Å²) in [5.74, 6) is 0. The summed E-state index contributed by atoms with van der Waals surface area (Å²) >= 11 is 0. The fraction of sp³-hybridized carbons (Fsp3) is 1.00. The summed E-state index contributed by atoms with van der Waals surface area (Å²) in [6, 6.07) is 0.467. The Morgan fingerprint density at radius 3 is 2.36 bits per heavy atom. The second kappa shape index (κ2) is 6.62. The fourth-order valence-corrected chi connectivity index (χ4v) is 0.945. The summed E-state index contributed by atoms with van der Waals surface area (Å²) in [5, 5.41) is 3.39. The van der Waals surface area contributed by atoms with Gasteiger partial charge in [0.2, 0.25) is 0 Å². The van der Waals surface area contributed by atoms with Crippen LogP contribution in [0.25, 0.3) is 0 Å². The van der Waals surface area contributed by atoms with E-state index in [1.165, 1.54) is 6.42 Å². The molecule has 2 atom stereocenters. The minimum absolute atomic E-state index is 0.326. The Balaban J connectivity index is 3.38. The highest BCUT2D eigenvalue weighted by Crippen LogP contribution is 1.97. The molecule has 0 fully saturated rings. The van der Waals surface area contributed by atoms with E-state index in [9.17, 15) is 0 Å². The average molecular weight is 159 g/mol. The van der Waals surface area contributed by atoms with Crippen molar-refractivity contribution in [2.24, 2.45) is 0 Å². The molecule has 0 aliphatic heterocycles. The van der Waals surface area contributed by atoms with Crippen molar-refractivity contribution in [1.29, 1.82) is 0 Å². The van der Waals surface area contributed by atoms with E-state index in [2.05, 4.69) is 26.1 Å². The van der Waals surface area contributed by atoms with Gasteiger partial charge in [0.15, 0.2) is 0 Å². The van der Waals surface area contributed by atoms with Gasteiger partial charge in [-0.3, -0.25) is 0 Å². The van der Waals surface area contributed by atoms with Crippen LogP contribution in [0.4, 0.5) is 0 Å². The molecule has 2 unspecified atom stereocenters. The molecular formula is C9H21NO. The Hall–Kier alpha value is -0.0800. The molecule has 68 valence electrons. The Bertz CT molecular complexity index is 85.6. The van der Waals surface area contributed by atoms with Crippen molar-refractivity contribution in [1.82, 2.24) is 5.32 Å². The second-order valence-electron chi connectivity index (χ2n) is 2.90. The lowest BCUT2D eigenvalue weighted by Gasteiger charge is -2.20. The van der Waals surface area contributed by atoms with E-state index in [1.807, 2.05) is 6.92 Å². The lowest BCUT2D eigenvalue weighted by Crippen LogP contribution is -2.37. The van der Waals surface area contributed by atoms with Gasteiger partial charge in [-0.05, 0) is 33.7 Å². The third-order valence-corrected chi connectivity index (χ3v) is 1.85. The van der Waals surface area contributed by atoms with E-state index in [0.29, 0.717) is 12.1 Å². The molecule has 0 aliphatic rings. The predicted molar refractivity (Wildman–Crippen MR) is 48.8 cm³/mol. The molecule has 0 aromatic carbocycles. The highest BCUT2D eigenvalue weighted by atomic mass is 16.5. The van der Waals surface area contributed by atoms with Gasteiger partial charge in [-0.2, -0.15) is 0 Å². The molecule has 0 rings (SSSR count). The van der Waals surface area contributed by atoms with Crippen molar-refractivity contribution >= 4 is 0 Å². The monoisotopic (exact) mass is 159 g/mol. The van der Waals surface area contributed by atoms with Crippen molar-refractivity contribution in [3.8, 4) is 0 Å². The van der Waals surface area contributed by atoms with Crippen molar-refractivity contribution in [2.75, 3.05) is 13.2 Å². The van der Waals surface area contributed by atoms with Crippen molar-refractivity contribution < 1.29 is 4.74 Å². The maximum absolute atomic E-state index is 5.44. The first kappa shape index (κ1) is 10.9. The lowest BCUT2D eigenvalue weighted by molar-refractivity contribution is 0.0524. The first-order chi connectivity index (χ1) is 5.22. The Labute approximate surface area is 70.3 Å². The smallest absolute Gasteiger partial charge is 0.0697 e. The molecule has 0 heterocycles. The number of ether oxygens (including phenoxy) is 1. The van der Waals surface area contributed by atoms with Gasteiger partial charge in [0.1, 0.15) is 0 Å². The Kier molecular flexibility index (Phi) is 6.57. The zero-order chi connectivity index (χ0) is 8.69. The van der Waals surface area contributed by atoms with Crippen LogP contribution in [0.2, 0.25) is 0 Å². The number of nitrogens with one attached hydrogen (secondary N) is 1. The SMILES string of the molecule is CCCNC(C)C(C)OCC. The van der Waals surface area contributed by atoms with Gasteiger partial charge >= 0.3 is 0 Å². The Morgan fingerprint density at radius 1 is 1.27 bits per heavy atom. The van der Waals surface area contributed by atoms with Crippen LogP contribution in [0.3, 0.4) is 0 Å². The first-order valence-electron chi connectivity index (χ1n) is 4.57. The molecule has 2 heteroatoms. The summed E-state index contributed by atoms with van der Waals surface area (Å²) in [4.78, 5) is 0. The molecule has 1 N–H and O–H groups in total. The van der Waals surface area contributed by atoms with E-state index in [0.717, 1.165) is 13.2 Å². The predicted octanol–water partition coefficient (Wildman–Crippen LogP) is 1.80. The van der Waals surface area contributed by atoms with E-state index in [4.69, 9.17) is 4.74 Å². The molecule has 0 bridgehead atoms. The summed E-state index contributed by atoms with van der Waals surface area (Å²) < 4.78 is 5.44. The second-order valence-corrected chi connectivity index (χ2v) is 2.90. The quantitative estimate of drug-likeness (QED) is 0.638. The minimum atomic E-state index is 0.326. The largest absolute Gasteiger partial charge is 0.377 e. The maximum atomic E-state index is 5.44. The third-order valence-electron chi connectivity index (χ3n) is 1.85. The van der Waals surface area contributed by atoms with E-state index >= 15 is 0 Å². The van der Waals surface area contributed by atoms with Gasteiger partial charge in [0.05, 0.1) is 6.10 Å². The van der Waals surface area contributed by atoms with E-state index in [1.54, 1.807) is 0 Å². The Morgan fingerprint density at radius 2 is 1.91 bits per heavy atom. The highest BCUT2D eigenvalue weighted by molar-refractivity contribution is 4.67. The van der Waals surface area contributed by atoms with Crippen molar-refractivity contribution in [2.45, 2.75) is 46.3 Å². The normalized spacial score (nSPS) is 16.4. The molecule has 0 aromatic heterocycles. The number of hydrogen-bond acceptors (Lipinski definition) is 2. The lowest BCUT2D eigenvalue weighted by atomic mass is 10.2. The summed E-state index contributed by atoms with van der Waals surface area (Å²) in [7, 11) is 0. The van der Waals surface area contributed by atoms with Crippen LogP contribution < -0.4 is 5.32 Å². The summed E-state index contributed by atoms with van der Waals surface area (Å²) in [5.41, 5.74) is 0. The summed E-state index contributed by atoms with van der Waals surface area (Å²) in [6.07, 6.45) is 1.51.